The van der Waals surface area contributed by atoms with E-state index < -0.39 is 0 Å². The number of hydrogen-bond donors (Lipinski definition) is 2. The number of nitrogens with one attached hydrogen (secondary N) is 1. The lowest BCUT2D eigenvalue weighted by molar-refractivity contribution is 0.793. The molecule has 0 unspecified atom stereocenters. The molecule has 1 heterocycles. The maximum absolute atomic E-state index is 4.39. The van der Waals surface area contributed by atoms with Crippen LogP contribution in [0, 0.1) is 0 Å². The van der Waals surface area contributed by atoms with Gasteiger partial charge in [-0.25, -0.2) is 0 Å². The van der Waals surface area contributed by atoms with E-state index in [1.807, 2.05) is 18.5 Å². The number of thiol groups is 1. The van der Waals surface area contributed by atoms with Crippen LogP contribution < -0.4 is 0 Å². The molecule has 0 fully saturated rings. The van der Waals surface area contributed by atoms with Crippen molar-refractivity contribution < 1.29 is 0 Å². The van der Waals surface area contributed by atoms with Gasteiger partial charge in [0.2, 0.25) is 0 Å². The van der Waals surface area contributed by atoms with Crippen molar-refractivity contribution in [2.45, 2.75) is 18.6 Å². The van der Waals surface area contributed by atoms with Gasteiger partial charge in [-0.15, -0.1) is 0 Å². The number of H-pyrrole nitrogens is 1. The molecule has 0 aliphatic heterocycles. The molecule has 0 saturated heterocycles. The Kier molecular flexibility index (Phi) is 1.58. The van der Waals surface area contributed by atoms with Crippen LogP contribution in [-0.2, 0) is 4.75 Å². The second-order valence-electron chi connectivity index (χ2n) is 2.66. The van der Waals surface area contributed by atoms with E-state index in [0.717, 1.165) is 0 Å². The molecule has 1 aromatic rings. The standard InChI is InChI=1S/C7H11NS/c1-7(2,9)6-3-4-8-5-6/h3-5,8-9H,1-2H3. The number of hydrogen-bond acceptors (Lipinski definition) is 1. The summed E-state index contributed by atoms with van der Waals surface area (Å²) >= 11 is 4.39. The molecule has 1 nitrogen and oxygen atoms in total. The Hall–Kier alpha value is -0.370. The van der Waals surface area contributed by atoms with Gasteiger partial charge in [-0.2, -0.15) is 12.6 Å². The number of rotatable bonds is 1. The Morgan fingerprint density at radius 1 is 1.56 bits per heavy atom. The minimum Gasteiger partial charge on any atom is -0.367 e. The van der Waals surface area contributed by atoms with Crippen LogP contribution in [0.5, 0.6) is 0 Å². The first-order chi connectivity index (χ1) is 4.11. The van der Waals surface area contributed by atoms with Crippen LogP contribution >= 0.6 is 12.6 Å². The second kappa shape index (κ2) is 2.10. The summed E-state index contributed by atoms with van der Waals surface area (Å²) in [5, 5.41) is 0. The van der Waals surface area contributed by atoms with E-state index in [1.165, 1.54) is 5.56 Å². The summed E-state index contributed by atoms with van der Waals surface area (Å²) in [4.78, 5) is 2.99. The summed E-state index contributed by atoms with van der Waals surface area (Å²) < 4.78 is -0.0139. The fourth-order valence-electron chi connectivity index (χ4n) is 0.704. The first kappa shape index (κ1) is 6.75. The zero-order valence-corrected chi connectivity index (χ0v) is 6.57. The highest BCUT2D eigenvalue weighted by molar-refractivity contribution is 7.81. The van der Waals surface area contributed by atoms with Crippen LogP contribution in [0.25, 0.3) is 0 Å². The van der Waals surface area contributed by atoms with Crippen LogP contribution in [0.2, 0.25) is 0 Å². The second-order valence-corrected chi connectivity index (χ2v) is 3.78. The highest BCUT2D eigenvalue weighted by Gasteiger charge is 2.13. The molecule has 0 spiro atoms. The molecule has 50 valence electrons. The van der Waals surface area contributed by atoms with Crippen molar-refractivity contribution in [1.29, 1.82) is 0 Å². The van der Waals surface area contributed by atoms with Gasteiger partial charge >= 0.3 is 0 Å². The van der Waals surface area contributed by atoms with E-state index in [9.17, 15) is 0 Å². The molecule has 1 rings (SSSR count). The van der Waals surface area contributed by atoms with Gasteiger partial charge in [0.1, 0.15) is 0 Å². The first-order valence-electron chi connectivity index (χ1n) is 2.96. The summed E-state index contributed by atoms with van der Waals surface area (Å²) in [5.41, 5.74) is 1.23. The predicted molar refractivity (Wildman–Crippen MR) is 42.8 cm³/mol. The molecule has 0 atom stereocenters. The lowest BCUT2D eigenvalue weighted by atomic mass is 10.1. The van der Waals surface area contributed by atoms with Crippen molar-refractivity contribution in [2.75, 3.05) is 0 Å². The lowest BCUT2D eigenvalue weighted by Gasteiger charge is -2.14. The predicted octanol–water partition coefficient (Wildman–Crippen LogP) is 2.18. The molecule has 0 aliphatic carbocycles. The van der Waals surface area contributed by atoms with Gasteiger partial charge in [0.05, 0.1) is 0 Å². The van der Waals surface area contributed by atoms with Gasteiger partial charge < -0.3 is 4.98 Å². The smallest absolute Gasteiger partial charge is 0.0337 e. The highest BCUT2D eigenvalue weighted by atomic mass is 32.1. The minimum atomic E-state index is -0.0139. The average molecular weight is 141 g/mol. The Labute approximate surface area is 60.9 Å². The third-order valence-corrected chi connectivity index (χ3v) is 1.56. The monoisotopic (exact) mass is 141 g/mol. The van der Waals surface area contributed by atoms with Gasteiger partial charge in [0.15, 0.2) is 0 Å². The zero-order chi connectivity index (χ0) is 6.91. The van der Waals surface area contributed by atoms with Crippen LogP contribution in [0.15, 0.2) is 18.5 Å². The van der Waals surface area contributed by atoms with Gasteiger partial charge in [-0.1, -0.05) is 0 Å². The maximum atomic E-state index is 4.39. The number of aromatic amines is 1. The molecule has 0 radical (unpaired) electrons. The Morgan fingerprint density at radius 3 is 2.44 bits per heavy atom. The molecule has 0 amide bonds. The van der Waals surface area contributed by atoms with Gasteiger partial charge in [-0.3, -0.25) is 0 Å². The molecule has 1 N–H and O–H groups in total. The minimum absolute atomic E-state index is 0.0139. The molecule has 0 aliphatic rings. The van der Waals surface area contributed by atoms with Crippen LogP contribution in [0.1, 0.15) is 19.4 Å². The van der Waals surface area contributed by atoms with E-state index in [1.54, 1.807) is 0 Å². The summed E-state index contributed by atoms with van der Waals surface area (Å²) in [7, 11) is 0. The quantitative estimate of drug-likeness (QED) is 0.558. The molecule has 0 aromatic carbocycles. The van der Waals surface area contributed by atoms with E-state index in [-0.39, 0.29) is 4.75 Å². The van der Waals surface area contributed by atoms with Crippen LogP contribution in [0.4, 0.5) is 0 Å². The zero-order valence-electron chi connectivity index (χ0n) is 5.68. The summed E-state index contributed by atoms with van der Waals surface area (Å²) in [5.74, 6) is 0. The van der Waals surface area contributed by atoms with Gasteiger partial charge in [0.25, 0.3) is 0 Å². The maximum Gasteiger partial charge on any atom is 0.0337 e. The topological polar surface area (TPSA) is 15.8 Å². The lowest BCUT2D eigenvalue weighted by Crippen LogP contribution is -2.05. The van der Waals surface area contributed by atoms with Crippen molar-refractivity contribution in [2.24, 2.45) is 0 Å². The molecule has 0 bridgehead atoms. The fraction of sp³-hybridized carbons (Fsp3) is 0.429. The van der Waals surface area contributed by atoms with E-state index in [4.69, 9.17) is 0 Å². The van der Waals surface area contributed by atoms with Crippen LogP contribution in [0.3, 0.4) is 0 Å². The fourth-order valence-corrected chi connectivity index (χ4v) is 0.844. The summed E-state index contributed by atoms with van der Waals surface area (Å²) in [6, 6.07) is 2.03. The van der Waals surface area contributed by atoms with Crippen molar-refractivity contribution in [1.82, 2.24) is 4.98 Å². The third kappa shape index (κ3) is 1.52. The SMILES string of the molecule is CC(C)(S)c1cc[nH]c1. The van der Waals surface area contributed by atoms with Gasteiger partial charge in [-0.05, 0) is 25.5 Å². The molecule has 9 heavy (non-hydrogen) atoms. The highest BCUT2D eigenvalue weighted by Crippen LogP contribution is 2.25. The Bertz CT molecular complexity index is 171. The number of aromatic nitrogens is 1. The van der Waals surface area contributed by atoms with E-state index >= 15 is 0 Å². The normalized spacial score (nSPS) is 11.9. The summed E-state index contributed by atoms with van der Waals surface area (Å²) in [6.45, 7) is 4.14. The van der Waals surface area contributed by atoms with E-state index in [2.05, 4.69) is 31.5 Å². The summed E-state index contributed by atoms with van der Waals surface area (Å²) in [6.07, 6.45) is 3.88. The molecule has 2 heteroatoms. The van der Waals surface area contributed by atoms with Crippen molar-refractivity contribution in [3.05, 3.63) is 24.0 Å². The molecular weight excluding hydrogens is 130 g/mol. The van der Waals surface area contributed by atoms with Crippen molar-refractivity contribution in [3.63, 3.8) is 0 Å². The third-order valence-electron chi connectivity index (χ3n) is 1.30. The molecule has 1 aromatic heterocycles. The first-order valence-corrected chi connectivity index (χ1v) is 3.41. The largest absolute Gasteiger partial charge is 0.367 e. The Morgan fingerprint density at radius 2 is 2.22 bits per heavy atom. The van der Waals surface area contributed by atoms with Crippen LogP contribution in [-0.4, -0.2) is 4.98 Å². The average Bonchev–Trinajstić information content (AvgIpc) is 2.08. The van der Waals surface area contributed by atoms with Crippen molar-refractivity contribution in [3.8, 4) is 0 Å². The molecule has 0 saturated carbocycles. The van der Waals surface area contributed by atoms with E-state index in [0.29, 0.717) is 0 Å². The van der Waals surface area contributed by atoms with Gasteiger partial charge in [0, 0.05) is 17.1 Å². The molecular formula is C7H11NS. The Balaban J connectivity index is 2.90. The van der Waals surface area contributed by atoms with Crippen molar-refractivity contribution >= 4 is 12.6 Å².